The zero-order valence-corrected chi connectivity index (χ0v) is 17.4. The van der Waals surface area contributed by atoms with Crippen LogP contribution in [0.15, 0.2) is 41.3 Å². The van der Waals surface area contributed by atoms with Crippen molar-refractivity contribution in [3.05, 3.63) is 64.2 Å². The molecule has 0 spiro atoms. The summed E-state index contributed by atoms with van der Waals surface area (Å²) in [7, 11) is -4.12. The summed E-state index contributed by atoms with van der Waals surface area (Å²) in [4.78, 5) is 11.7. The van der Waals surface area contributed by atoms with E-state index in [0.29, 0.717) is 12.1 Å². The highest BCUT2D eigenvalue weighted by molar-refractivity contribution is 7.92. The van der Waals surface area contributed by atoms with Crippen LogP contribution in [0.3, 0.4) is 0 Å². The molecule has 2 aromatic carbocycles. The quantitative estimate of drug-likeness (QED) is 0.485. The Balaban J connectivity index is 1.68. The van der Waals surface area contributed by atoms with Crippen LogP contribution in [-0.2, 0) is 16.0 Å². The van der Waals surface area contributed by atoms with Crippen molar-refractivity contribution in [1.29, 1.82) is 0 Å². The van der Waals surface area contributed by atoms with Gasteiger partial charge in [-0.05, 0) is 62.1 Å². The van der Waals surface area contributed by atoms with E-state index < -0.39 is 49.3 Å². The Hall–Kier alpha value is -2.20. The molecule has 0 aliphatic heterocycles. The summed E-state index contributed by atoms with van der Waals surface area (Å²) in [5.74, 6) is -2.79. The number of amides is 1. The van der Waals surface area contributed by atoms with Crippen LogP contribution in [0.1, 0.15) is 41.6 Å². The number of halogens is 6. The number of nitrogens with one attached hydrogen (secondary N) is 1. The highest BCUT2D eigenvalue weighted by Gasteiger charge is 2.38. The summed E-state index contributed by atoms with van der Waals surface area (Å²) in [6, 6.07) is 4.60. The molecule has 0 unspecified atom stereocenters. The fraction of sp³-hybridized carbons (Fsp3) is 0.350. The van der Waals surface area contributed by atoms with Crippen LogP contribution in [0, 0.1) is 11.6 Å². The van der Waals surface area contributed by atoms with E-state index in [-0.39, 0.29) is 42.3 Å². The van der Waals surface area contributed by atoms with Crippen LogP contribution in [0.25, 0.3) is 0 Å². The van der Waals surface area contributed by atoms with Crippen molar-refractivity contribution in [2.24, 2.45) is 0 Å². The van der Waals surface area contributed by atoms with E-state index in [9.17, 15) is 35.2 Å². The molecule has 0 atom stereocenters. The molecule has 1 fully saturated rings. The minimum absolute atomic E-state index is 0.0192. The Labute approximate surface area is 180 Å². The first-order chi connectivity index (χ1) is 14.4. The first kappa shape index (κ1) is 23.5. The van der Waals surface area contributed by atoms with Crippen LogP contribution in [0.4, 0.5) is 22.0 Å². The molecule has 0 heterocycles. The minimum atomic E-state index is -5.02. The van der Waals surface area contributed by atoms with Crippen LogP contribution in [-0.4, -0.2) is 25.6 Å². The first-order valence-electron chi connectivity index (χ1n) is 9.25. The van der Waals surface area contributed by atoms with Crippen molar-refractivity contribution >= 4 is 27.3 Å². The molecule has 1 amide bonds. The molecule has 3 rings (SSSR count). The van der Waals surface area contributed by atoms with Gasteiger partial charge in [-0.25, -0.2) is 17.2 Å². The molecule has 168 valence electrons. The summed E-state index contributed by atoms with van der Waals surface area (Å²) in [6.07, 6.45) is -4.32. The van der Waals surface area contributed by atoms with E-state index >= 15 is 0 Å². The molecule has 0 saturated heterocycles. The van der Waals surface area contributed by atoms with E-state index in [0.717, 1.165) is 18.2 Å². The van der Waals surface area contributed by atoms with Crippen LogP contribution >= 0.6 is 11.6 Å². The van der Waals surface area contributed by atoms with Crippen LogP contribution in [0.2, 0.25) is 5.02 Å². The molecule has 2 aromatic rings. The van der Waals surface area contributed by atoms with Crippen LogP contribution in [0.5, 0.6) is 0 Å². The maximum atomic E-state index is 13.5. The molecule has 11 heteroatoms. The number of carbonyl (C=O) groups is 1. The van der Waals surface area contributed by atoms with Gasteiger partial charge >= 0.3 is 6.18 Å². The molecule has 0 radical (unpaired) electrons. The SMILES string of the molecule is O=C(NC1CCC(S(=O)(=O)c2ccc(F)c(C(F)(F)F)c2)CC1)c1cc(F)cc(Cl)c1. The Kier molecular flexibility index (Phi) is 6.61. The molecule has 1 aliphatic rings. The summed E-state index contributed by atoms with van der Waals surface area (Å²) in [6.45, 7) is 0. The number of rotatable bonds is 4. The molecule has 0 bridgehead atoms. The van der Waals surface area contributed by atoms with Gasteiger partial charge in [0.15, 0.2) is 9.84 Å². The molecule has 31 heavy (non-hydrogen) atoms. The predicted octanol–water partition coefficient (Wildman–Crippen LogP) is 5.15. The molecular formula is C20H17ClF5NO3S. The average Bonchev–Trinajstić information content (AvgIpc) is 2.67. The minimum Gasteiger partial charge on any atom is -0.349 e. The number of alkyl halides is 3. The Morgan fingerprint density at radius 2 is 1.65 bits per heavy atom. The van der Waals surface area contributed by atoms with Gasteiger partial charge in [0.05, 0.1) is 15.7 Å². The number of sulfone groups is 1. The average molecular weight is 482 g/mol. The zero-order valence-electron chi connectivity index (χ0n) is 15.8. The fourth-order valence-electron chi connectivity index (χ4n) is 3.56. The van der Waals surface area contributed by atoms with Crippen LogP contribution < -0.4 is 5.32 Å². The third kappa shape index (κ3) is 5.35. The lowest BCUT2D eigenvalue weighted by atomic mass is 9.94. The van der Waals surface area contributed by atoms with Gasteiger partial charge in [-0.3, -0.25) is 4.79 Å². The molecule has 1 saturated carbocycles. The number of carbonyl (C=O) groups excluding carboxylic acids is 1. The third-order valence-electron chi connectivity index (χ3n) is 5.14. The lowest BCUT2D eigenvalue weighted by Gasteiger charge is -2.29. The lowest BCUT2D eigenvalue weighted by Crippen LogP contribution is -2.40. The van der Waals surface area contributed by atoms with Gasteiger partial charge in [0.1, 0.15) is 11.6 Å². The summed E-state index contributed by atoms with van der Waals surface area (Å²) in [5.41, 5.74) is -1.62. The van der Waals surface area contributed by atoms with Gasteiger partial charge in [0.25, 0.3) is 5.91 Å². The first-order valence-corrected chi connectivity index (χ1v) is 11.2. The maximum Gasteiger partial charge on any atom is 0.419 e. The Bertz CT molecular complexity index is 1080. The second-order valence-corrected chi connectivity index (χ2v) is 9.95. The smallest absolute Gasteiger partial charge is 0.349 e. The van der Waals surface area contributed by atoms with E-state index in [1.165, 1.54) is 6.07 Å². The highest BCUT2D eigenvalue weighted by atomic mass is 35.5. The van der Waals surface area contributed by atoms with Crippen molar-refractivity contribution in [3.8, 4) is 0 Å². The van der Waals surface area contributed by atoms with Crippen molar-refractivity contribution in [2.75, 3.05) is 0 Å². The maximum absolute atomic E-state index is 13.5. The molecule has 1 N–H and O–H groups in total. The molecule has 4 nitrogen and oxygen atoms in total. The monoisotopic (exact) mass is 481 g/mol. The topological polar surface area (TPSA) is 63.2 Å². The van der Waals surface area contributed by atoms with Crippen molar-refractivity contribution in [1.82, 2.24) is 5.32 Å². The number of hydrogen-bond donors (Lipinski definition) is 1. The van der Waals surface area contributed by atoms with Gasteiger partial charge in [-0.1, -0.05) is 11.6 Å². The van der Waals surface area contributed by atoms with Gasteiger partial charge < -0.3 is 5.32 Å². The highest BCUT2D eigenvalue weighted by Crippen LogP contribution is 2.35. The second-order valence-electron chi connectivity index (χ2n) is 7.29. The Morgan fingerprint density at radius 1 is 1.00 bits per heavy atom. The van der Waals surface area contributed by atoms with E-state index in [2.05, 4.69) is 5.32 Å². The summed E-state index contributed by atoms with van der Waals surface area (Å²) >= 11 is 5.73. The van der Waals surface area contributed by atoms with Crippen molar-refractivity contribution in [2.45, 2.75) is 48.0 Å². The lowest BCUT2D eigenvalue weighted by molar-refractivity contribution is -0.140. The zero-order chi connectivity index (χ0) is 23.0. The summed E-state index contributed by atoms with van der Waals surface area (Å²) < 4.78 is 91.2. The van der Waals surface area contributed by atoms with Crippen molar-refractivity contribution < 1.29 is 35.2 Å². The molecular weight excluding hydrogens is 465 g/mol. The van der Waals surface area contributed by atoms with Gasteiger partial charge in [0, 0.05) is 16.6 Å². The molecule has 0 aromatic heterocycles. The van der Waals surface area contributed by atoms with E-state index in [1.807, 2.05) is 0 Å². The molecule has 1 aliphatic carbocycles. The number of benzene rings is 2. The van der Waals surface area contributed by atoms with Gasteiger partial charge in [-0.2, -0.15) is 13.2 Å². The standard InChI is InChI=1S/C20H17ClF5NO3S/c21-12-7-11(8-13(22)9-12)19(28)27-14-1-3-15(4-2-14)31(29,30)16-5-6-18(23)17(10-16)20(24,25)26/h5-10,14-15H,1-4H2,(H,27,28). The second kappa shape index (κ2) is 8.74. The van der Waals surface area contributed by atoms with Crippen molar-refractivity contribution in [3.63, 3.8) is 0 Å². The Morgan fingerprint density at radius 3 is 2.23 bits per heavy atom. The largest absolute Gasteiger partial charge is 0.419 e. The predicted molar refractivity (Wildman–Crippen MR) is 104 cm³/mol. The normalized spacial score (nSPS) is 19.8. The van der Waals surface area contributed by atoms with E-state index in [4.69, 9.17) is 11.6 Å². The number of hydrogen-bond acceptors (Lipinski definition) is 3. The fourth-order valence-corrected chi connectivity index (χ4v) is 5.60. The summed E-state index contributed by atoms with van der Waals surface area (Å²) in [5, 5.41) is 1.77. The van der Waals surface area contributed by atoms with Gasteiger partial charge in [-0.15, -0.1) is 0 Å². The van der Waals surface area contributed by atoms with Gasteiger partial charge in [0.2, 0.25) is 0 Å². The van der Waals surface area contributed by atoms with E-state index in [1.54, 1.807) is 0 Å². The third-order valence-corrected chi connectivity index (χ3v) is 7.62.